The summed E-state index contributed by atoms with van der Waals surface area (Å²) in [6.45, 7) is 5.73. The molecule has 1 aliphatic heterocycles. The summed E-state index contributed by atoms with van der Waals surface area (Å²) in [6.07, 6.45) is 7.40. The molecule has 2 N–H and O–H groups in total. The number of likely N-dealkylation sites (tertiary alicyclic amines) is 1. The lowest BCUT2D eigenvalue weighted by molar-refractivity contribution is 0.0790. The van der Waals surface area contributed by atoms with Gasteiger partial charge in [0.05, 0.1) is 5.56 Å². The van der Waals surface area contributed by atoms with E-state index < -0.39 is 0 Å². The van der Waals surface area contributed by atoms with E-state index in [2.05, 4.69) is 24.5 Å². The van der Waals surface area contributed by atoms with Crippen molar-refractivity contribution in [2.75, 3.05) is 13.1 Å². The number of carbonyl (C=O) groups is 1. The van der Waals surface area contributed by atoms with E-state index in [-0.39, 0.29) is 11.9 Å². The highest BCUT2D eigenvalue weighted by Gasteiger charge is 2.28. The maximum Gasteiger partial charge on any atom is 0.255 e. The Bertz CT molecular complexity index is 528. The lowest BCUT2D eigenvalue weighted by atomic mass is 9.95. The van der Waals surface area contributed by atoms with Gasteiger partial charge in [-0.05, 0) is 39.2 Å². The topological polar surface area (TPSA) is 51.3 Å². The Hall–Kier alpha value is -1.29. The molecule has 4 heteroatoms. The number of aromatic nitrogens is 1. The first-order valence-electron chi connectivity index (χ1n) is 8.31. The zero-order chi connectivity index (χ0) is 15.0. The molecule has 3 rings (SSSR count). The quantitative estimate of drug-likeness (QED) is 0.910. The molecule has 1 aromatic rings. The fraction of sp³-hybridized carbons (Fsp3) is 0.706. The van der Waals surface area contributed by atoms with Gasteiger partial charge in [0.15, 0.2) is 0 Å². The zero-order valence-corrected chi connectivity index (χ0v) is 13.3. The molecule has 21 heavy (non-hydrogen) atoms. The van der Waals surface area contributed by atoms with Crippen LogP contribution in [0.15, 0.2) is 6.07 Å². The monoisotopic (exact) mass is 289 g/mol. The highest BCUT2D eigenvalue weighted by Crippen LogP contribution is 2.32. The van der Waals surface area contributed by atoms with Gasteiger partial charge in [0, 0.05) is 36.6 Å². The molecule has 0 aromatic carbocycles. The molecular formula is C17H27N3O. The van der Waals surface area contributed by atoms with Gasteiger partial charge in [-0.25, -0.2) is 0 Å². The van der Waals surface area contributed by atoms with Crippen LogP contribution in [0.1, 0.15) is 66.3 Å². The van der Waals surface area contributed by atoms with E-state index in [9.17, 15) is 4.79 Å². The van der Waals surface area contributed by atoms with Gasteiger partial charge in [0.25, 0.3) is 5.91 Å². The molecule has 2 heterocycles. The van der Waals surface area contributed by atoms with Gasteiger partial charge in [-0.15, -0.1) is 0 Å². The Morgan fingerprint density at radius 2 is 1.90 bits per heavy atom. The SMILES string of the molecule is Cc1cc(C(=O)N2CCC(N)C2)c(C)n1C1CCCCC1. The first kappa shape index (κ1) is 14.6. The maximum atomic E-state index is 12.7. The molecule has 1 atom stereocenters. The second-order valence-electron chi connectivity index (χ2n) is 6.75. The van der Waals surface area contributed by atoms with Crippen LogP contribution in [0.2, 0.25) is 0 Å². The molecule has 116 valence electrons. The highest BCUT2D eigenvalue weighted by atomic mass is 16.2. The number of hydrogen-bond acceptors (Lipinski definition) is 2. The average molecular weight is 289 g/mol. The van der Waals surface area contributed by atoms with Crippen molar-refractivity contribution < 1.29 is 4.79 Å². The van der Waals surface area contributed by atoms with Crippen LogP contribution in [0.25, 0.3) is 0 Å². The number of amides is 1. The summed E-state index contributed by atoms with van der Waals surface area (Å²) in [7, 11) is 0. The van der Waals surface area contributed by atoms with Crippen molar-refractivity contribution in [3.05, 3.63) is 23.0 Å². The summed E-state index contributed by atoms with van der Waals surface area (Å²) in [5, 5.41) is 0. The summed E-state index contributed by atoms with van der Waals surface area (Å²) in [5.74, 6) is 0.165. The smallest absolute Gasteiger partial charge is 0.255 e. The molecule has 4 nitrogen and oxygen atoms in total. The van der Waals surface area contributed by atoms with Crippen molar-refractivity contribution in [1.29, 1.82) is 0 Å². The van der Waals surface area contributed by atoms with Crippen molar-refractivity contribution in [3.63, 3.8) is 0 Å². The predicted octanol–water partition coefficient (Wildman–Crippen LogP) is 2.78. The Kier molecular flexibility index (Phi) is 4.07. The van der Waals surface area contributed by atoms with Gasteiger partial charge in [-0.2, -0.15) is 0 Å². The molecular weight excluding hydrogens is 262 g/mol. The Labute approximate surface area is 127 Å². The summed E-state index contributed by atoms with van der Waals surface area (Å²) in [4.78, 5) is 14.6. The van der Waals surface area contributed by atoms with Crippen LogP contribution in [0.4, 0.5) is 0 Å². The molecule has 1 saturated heterocycles. The van der Waals surface area contributed by atoms with E-state index >= 15 is 0 Å². The van der Waals surface area contributed by atoms with Gasteiger partial charge in [0.1, 0.15) is 0 Å². The fourth-order valence-electron chi connectivity index (χ4n) is 4.04. The number of rotatable bonds is 2. The lowest BCUT2D eigenvalue weighted by Crippen LogP contribution is -2.32. The molecule has 1 aliphatic carbocycles. The summed E-state index contributed by atoms with van der Waals surface area (Å²) < 4.78 is 2.41. The number of nitrogens with two attached hydrogens (primary N) is 1. The van der Waals surface area contributed by atoms with Crippen LogP contribution in [0.5, 0.6) is 0 Å². The van der Waals surface area contributed by atoms with Crippen LogP contribution in [-0.4, -0.2) is 34.5 Å². The maximum absolute atomic E-state index is 12.7. The van der Waals surface area contributed by atoms with Gasteiger partial charge in [0.2, 0.25) is 0 Å². The Morgan fingerprint density at radius 3 is 2.52 bits per heavy atom. The Balaban J connectivity index is 1.85. The second kappa shape index (κ2) is 5.84. The van der Waals surface area contributed by atoms with E-state index in [0.29, 0.717) is 12.6 Å². The van der Waals surface area contributed by atoms with Crippen LogP contribution in [0, 0.1) is 13.8 Å². The molecule has 2 fully saturated rings. The van der Waals surface area contributed by atoms with Crippen molar-refractivity contribution in [1.82, 2.24) is 9.47 Å². The molecule has 1 aromatic heterocycles. The summed E-state index contributed by atoms with van der Waals surface area (Å²) >= 11 is 0. The largest absolute Gasteiger partial charge is 0.345 e. The lowest BCUT2D eigenvalue weighted by Gasteiger charge is -2.26. The van der Waals surface area contributed by atoms with Gasteiger partial charge in [-0.3, -0.25) is 4.79 Å². The number of carbonyl (C=O) groups excluding carboxylic acids is 1. The van der Waals surface area contributed by atoms with Crippen LogP contribution in [-0.2, 0) is 0 Å². The minimum Gasteiger partial charge on any atom is -0.345 e. The third kappa shape index (κ3) is 2.73. The minimum absolute atomic E-state index is 0.149. The standard InChI is InChI=1S/C17H27N3O/c1-12-10-16(17(21)19-9-8-14(18)11-19)13(2)20(12)15-6-4-3-5-7-15/h10,14-15H,3-9,11,18H2,1-2H3. The number of aryl methyl sites for hydroxylation is 1. The van der Waals surface area contributed by atoms with Crippen LogP contribution < -0.4 is 5.73 Å². The average Bonchev–Trinajstić information content (AvgIpc) is 3.03. The molecule has 1 amide bonds. The third-order valence-electron chi connectivity index (χ3n) is 5.17. The first-order chi connectivity index (χ1) is 10.1. The molecule has 1 saturated carbocycles. The predicted molar refractivity (Wildman–Crippen MR) is 84.5 cm³/mol. The third-order valence-corrected chi connectivity index (χ3v) is 5.17. The zero-order valence-electron chi connectivity index (χ0n) is 13.3. The van der Waals surface area contributed by atoms with E-state index in [1.165, 1.54) is 37.8 Å². The van der Waals surface area contributed by atoms with Crippen molar-refractivity contribution in [3.8, 4) is 0 Å². The Morgan fingerprint density at radius 1 is 1.19 bits per heavy atom. The van der Waals surface area contributed by atoms with Gasteiger partial charge >= 0.3 is 0 Å². The molecule has 0 radical (unpaired) electrons. The second-order valence-corrected chi connectivity index (χ2v) is 6.75. The molecule has 0 spiro atoms. The normalized spacial score (nSPS) is 23.8. The minimum atomic E-state index is 0.149. The van der Waals surface area contributed by atoms with Crippen LogP contribution in [0.3, 0.4) is 0 Å². The summed E-state index contributed by atoms with van der Waals surface area (Å²) in [6, 6.07) is 2.81. The number of hydrogen-bond donors (Lipinski definition) is 1. The highest BCUT2D eigenvalue weighted by molar-refractivity contribution is 5.96. The first-order valence-corrected chi connectivity index (χ1v) is 8.31. The van der Waals surface area contributed by atoms with E-state index in [1.807, 2.05) is 4.90 Å². The van der Waals surface area contributed by atoms with E-state index in [4.69, 9.17) is 5.73 Å². The van der Waals surface area contributed by atoms with Gasteiger partial charge in [-0.1, -0.05) is 19.3 Å². The fourth-order valence-corrected chi connectivity index (χ4v) is 4.04. The van der Waals surface area contributed by atoms with Crippen molar-refractivity contribution in [2.45, 2.75) is 64.5 Å². The van der Waals surface area contributed by atoms with Crippen molar-refractivity contribution in [2.24, 2.45) is 5.73 Å². The van der Waals surface area contributed by atoms with Crippen molar-refractivity contribution >= 4 is 5.91 Å². The van der Waals surface area contributed by atoms with E-state index in [0.717, 1.165) is 24.2 Å². The van der Waals surface area contributed by atoms with E-state index in [1.54, 1.807) is 0 Å². The molecule has 0 bridgehead atoms. The van der Waals surface area contributed by atoms with Gasteiger partial charge < -0.3 is 15.2 Å². The number of nitrogens with zero attached hydrogens (tertiary/aromatic N) is 2. The molecule has 1 unspecified atom stereocenters. The summed E-state index contributed by atoms with van der Waals surface area (Å²) in [5.41, 5.74) is 9.19. The molecule has 2 aliphatic rings. The van der Waals surface area contributed by atoms with Crippen LogP contribution >= 0.6 is 0 Å².